The zero-order valence-electron chi connectivity index (χ0n) is 15.7. The molecule has 4 heteroatoms. The van der Waals surface area contributed by atoms with Crippen molar-refractivity contribution in [2.45, 2.75) is 66.0 Å². The first-order chi connectivity index (χ1) is 12.5. The van der Waals surface area contributed by atoms with Crippen LogP contribution in [0, 0.1) is 5.82 Å². The van der Waals surface area contributed by atoms with Gasteiger partial charge < -0.3 is 0 Å². The minimum atomic E-state index is -2.91. The predicted molar refractivity (Wildman–Crippen MR) is 98.3 cm³/mol. The topological polar surface area (TPSA) is 26.3 Å². The van der Waals surface area contributed by atoms with Crippen molar-refractivity contribution >= 4 is 5.97 Å². The van der Waals surface area contributed by atoms with Crippen LogP contribution in [0.15, 0.2) is 46.6 Å². The first kappa shape index (κ1) is 18.2. The molecule has 0 radical (unpaired) electrons. The molecule has 0 atom stereocenters. The molecule has 0 heterocycles. The molecule has 3 aliphatic carbocycles. The molecule has 4 rings (SSSR count). The van der Waals surface area contributed by atoms with Crippen LogP contribution >= 0.6 is 0 Å². The molecule has 0 saturated carbocycles. The Labute approximate surface area is 159 Å². The Balaban J connectivity index is 1.63. The maximum absolute atomic E-state index is 13.2. The second kappa shape index (κ2) is 7.09. The monoisotopic (exact) mass is 390 g/mol. The second-order valence-electron chi connectivity index (χ2n) is 8.35. The molecule has 1 aromatic rings. The van der Waals surface area contributed by atoms with Crippen molar-refractivity contribution < 1.29 is 29.5 Å². The second-order valence-corrected chi connectivity index (χ2v) is 14.6. The summed E-state index contributed by atoms with van der Waals surface area (Å²) in [5.41, 5.74) is 6.94. The Hall–Kier alpha value is -1.19. The molecule has 0 aromatic heterocycles. The van der Waals surface area contributed by atoms with Gasteiger partial charge in [-0.25, -0.2) is 0 Å². The Kier molecular flexibility index (Phi) is 4.96. The van der Waals surface area contributed by atoms with Gasteiger partial charge in [-0.1, -0.05) is 0 Å². The number of benzene rings is 1. The van der Waals surface area contributed by atoms with Gasteiger partial charge in [0.15, 0.2) is 0 Å². The van der Waals surface area contributed by atoms with Gasteiger partial charge in [-0.05, 0) is 0 Å². The summed E-state index contributed by atoms with van der Waals surface area (Å²) >= 11 is -2.91. The van der Waals surface area contributed by atoms with E-state index in [0.29, 0.717) is 9.79 Å². The van der Waals surface area contributed by atoms with Crippen molar-refractivity contribution in [2.75, 3.05) is 0 Å². The van der Waals surface area contributed by atoms with E-state index in [9.17, 15) is 9.18 Å². The zero-order valence-corrected chi connectivity index (χ0v) is 17.3. The van der Waals surface area contributed by atoms with Gasteiger partial charge in [-0.3, -0.25) is 0 Å². The summed E-state index contributed by atoms with van der Waals surface area (Å²) in [6.45, 7) is 0. The van der Waals surface area contributed by atoms with Crippen LogP contribution in [-0.4, -0.2) is 5.97 Å². The third-order valence-corrected chi connectivity index (χ3v) is 10.6. The van der Waals surface area contributed by atoms with E-state index in [1.807, 2.05) is 0 Å². The fourth-order valence-electron chi connectivity index (χ4n) is 5.18. The van der Waals surface area contributed by atoms with Crippen LogP contribution in [0.25, 0.3) is 0 Å². The molecule has 0 fully saturated rings. The van der Waals surface area contributed by atoms with Gasteiger partial charge >= 0.3 is 159 Å². The Morgan fingerprint density at radius 2 is 1.42 bits per heavy atom. The third-order valence-electron chi connectivity index (χ3n) is 6.21. The molecule has 0 spiro atoms. The molecule has 0 bridgehead atoms. The molecule has 2 nitrogen and oxygen atoms in total. The van der Waals surface area contributed by atoms with Gasteiger partial charge in [0.05, 0.1) is 0 Å². The fourth-order valence-corrected chi connectivity index (χ4v) is 9.91. The molecule has 26 heavy (non-hydrogen) atoms. The summed E-state index contributed by atoms with van der Waals surface area (Å²) in [6.07, 6.45) is 9.91. The fraction of sp³-hybridized carbons (Fsp3) is 0.500. The van der Waals surface area contributed by atoms with E-state index in [-0.39, 0.29) is 11.8 Å². The summed E-state index contributed by atoms with van der Waals surface area (Å²) < 4.78 is 19.8. The first-order valence-electron chi connectivity index (χ1n) is 9.90. The maximum atomic E-state index is 13.2. The van der Waals surface area contributed by atoms with Crippen molar-refractivity contribution in [1.29, 1.82) is 0 Å². The van der Waals surface area contributed by atoms with Crippen LogP contribution in [-0.2, 0) is 20.3 Å². The van der Waals surface area contributed by atoms with Crippen molar-refractivity contribution in [2.24, 2.45) is 0 Å². The number of hydrogen-bond donors (Lipinski definition) is 0. The third kappa shape index (κ3) is 3.25. The molecule has 1 aromatic carbocycles. The number of rotatable bonds is 3. The van der Waals surface area contributed by atoms with E-state index in [1.165, 1.54) is 75.6 Å². The summed E-state index contributed by atoms with van der Waals surface area (Å²) in [6, 6.07) is 5.72. The first-order valence-corrected chi connectivity index (χ1v) is 14.6. The van der Waals surface area contributed by atoms with E-state index in [4.69, 9.17) is 3.32 Å². The van der Waals surface area contributed by atoms with Crippen LogP contribution in [0.1, 0.15) is 61.7 Å². The number of allylic oxidation sites excluding steroid dienone is 4. The standard InChI is InChI=1S/C13H17.C7H5FO2.2CH3.Ti/c1-3-7-12-10(5-1)9-11-6-2-4-8-13(11)12;8-6-3-1-5(2-4-6)7(9)10;;;/h9H,1-8H2;1-4H,(H,9,10);2*1H3;/q;;;;+1/p-1. The molecule has 0 unspecified atom stereocenters. The van der Waals surface area contributed by atoms with Gasteiger partial charge in [0.1, 0.15) is 0 Å². The minimum absolute atomic E-state index is 0.280. The molecule has 3 aliphatic rings. The molecule has 0 saturated heterocycles. The summed E-state index contributed by atoms with van der Waals surface area (Å²) in [7, 11) is 0. The van der Waals surface area contributed by atoms with Gasteiger partial charge in [0.2, 0.25) is 0 Å². The van der Waals surface area contributed by atoms with E-state index >= 15 is 0 Å². The number of fused-ring (bicyclic) bond motifs is 1. The van der Waals surface area contributed by atoms with Crippen molar-refractivity contribution in [3.8, 4) is 0 Å². The van der Waals surface area contributed by atoms with Gasteiger partial charge in [-0.2, -0.15) is 0 Å². The van der Waals surface area contributed by atoms with Gasteiger partial charge in [0, 0.05) is 0 Å². The number of carbonyl (C=O) groups is 1. The summed E-state index contributed by atoms with van der Waals surface area (Å²) in [5.74, 6) is -0.607. The summed E-state index contributed by atoms with van der Waals surface area (Å²) in [5, 5.41) is 4.46. The van der Waals surface area contributed by atoms with E-state index in [0.717, 1.165) is 0 Å². The van der Waals surface area contributed by atoms with E-state index < -0.39 is 17.0 Å². The molecule has 0 aliphatic heterocycles. The summed E-state index contributed by atoms with van der Waals surface area (Å²) in [4.78, 5) is 12.7. The van der Waals surface area contributed by atoms with Gasteiger partial charge in [0.25, 0.3) is 0 Å². The van der Waals surface area contributed by atoms with Crippen molar-refractivity contribution in [1.82, 2.24) is 0 Å². The van der Waals surface area contributed by atoms with Crippen molar-refractivity contribution in [3.63, 3.8) is 0 Å². The molecular formula is C22H27FO2Ti. The van der Waals surface area contributed by atoms with E-state index in [1.54, 1.807) is 22.3 Å². The van der Waals surface area contributed by atoms with Crippen LogP contribution in [0.3, 0.4) is 0 Å². The molecule has 0 amide bonds. The Morgan fingerprint density at radius 1 is 0.923 bits per heavy atom. The normalized spacial score (nSPS) is 20.9. The predicted octanol–water partition coefficient (Wildman–Crippen LogP) is 6.69. The molecule has 138 valence electrons. The Morgan fingerprint density at radius 3 is 1.96 bits per heavy atom. The number of halogens is 1. The van der Waals surface area contributed by atoms with Crippen LogP contribution in [0.4, 0.5) is 4.39 Å². The average molecular weight is 390 g/mol. The van der Waals surface area contributed by atoms with Crippen LogP contribution in [0.5, 0.6) is 0 Å². The Bertz CT molecular complexity index is 757. The van der Waals surface area contributed by atoms with Crippen LogP contribution in [0.2, 0.25) is 14.7 Å². The van der Waals surface area contributed by atoms with E-state index in [2.05, 4.69) is 10.5 Å². The molecule has 0 N–H and O–H groups in total. The van der Waals surface area contributed by atoms with Crippen molar-refractivity contribution in [3.05, 3.63) is 57.9 Å². The number of hydrogen-bond acceptors (Lipinski definition) is 2. The zero-order chi connectivity index (χ0) is 18.3. The van der Waals surface area contributed by atoms with Gasteiger partial charge in [-0.15, -0.1) is 0 Å². The number of carbonyl (C=O) groups excluding carboxylic acids is 1. The average Bonchev–Trinajstić information content (AvgIpc) is 2.97. The van der Waals surface area contributed by atoms with Crippen LogP contribution < -0.4 is 0 Å². The SMILES string of the molecule is [CH3][Ti]([CH3])([O]C(=O)c1ccc(F)cc1)[CH]1C2=C(CCCC2)C2=C1CCCC2. The quantitative estimate of drug-likeness (QED) is 0.538. The molecular weight excluding hydrogens is 363 g/mol.